The number of nitrogens with two attached hydrogens (primary N) is 1. The Balaban J connectivity index is 1.42. The summed E-state index contributed by atoms with van der Waals surface area (Å²) in [5, 5.41) is 16.2. The molecule has 0 saturated heterocycles. The van der Waals surface area contributed by atoms with Gasteiger partial charge >= 0.3 is 0 Å². The predicted molar refractivity (Wildman–Crippen MR) is 149 cm³/mol. The van der Waals surface area contributed by atoms with Crippen molar-refractivity contribution in [2.75, 3.05) is 10.6 Å². The van der Waals surface area contributed by atoms with E-state index in [0.29, 0.717) is 40.9 Å². The van der Waals surface area contributed by atoms with Crippen molar-refractivity contribution in [3.8, 4) is 11.3 Å². The number of aryl methyl sites for hydroxylation is 2. The average Bonchev–Trinajstić information content (AvgIpc) is 3.46. The van der Waals surface area contributed by atoms with Crippen LogP contribution in [0.15, 0.2) is 59.9 Å². The van der Waals surface area contributed by atoms with Gasteiger partial charge in [-0.2, -0.15) is 15.1 Å². The fourth-order valence-electron chi connectivity index (χ4n) is 4.42. The summed E-state index contributed by atoms with van der Waals surface area (Å²) in [6.07, 6.45) is 3.52. The van der Waals surface area contributed by atoms with Crippen molar-refractivity contribution in [3.63, 3.8) is 0 Å². The maximum absolute atomic E-state index is 12.2. The van der Waals surface area contributed by atoms with Gasteiger partial charge in [0.15, 0.2) is 17.0 Å². The van der Waals surface area contributed by atoms with Crippen molar-refractivity contribution >= 4 is 33.0 Å². The Kier molecular flexibility index (Phi) is 7.02. The van der Waals surface area contributed by atoms with E-state index in [9.17, 15) is 8.42 Å². The molecule has 0 fully saturated rings. The Morgan fingerprint density at radius 3 is 2.44 bits per heavy atom. The first-order chi connectivity index (χ1) is 18.6. The monoisotopic (exact) mass is 546 g/mol. The number of sulfonamides is 1. The molecule has 0 saturated carbocycles. The molecular formula is C26H30N10O2S. The van der Waals surface area contributed by atoms with Gasteiger partial charge in [0.05, 0.1) is 30.0 Å². The number of benzene rings is 1. The van der Waals surface area contributed by atoms with Crippen LogP contribution in [0.1, 0.15) is 36.8 Å². The number of nitrogens with one attached hydrogen (secondary N) is 2. The van der Waals surface area contributed by atoms with E-state index in [-0.39, 0.29) is 17.5 Å². The minimum absolute atomic E-state index is 0.00158. The maximum atomic E-state index is 12.2. The van der Waals surface area contributed by atoms with Gasteiger partial charge in [-0.1, -0.05) is 30.3 Å². The number of hydrogen-bond donors (Lipinski definition) is 3. The molecule has 0 aliphatic carbocycles. The summed E-state index contributed by atoms with van der Waals surface area (Å²) in [7, 11) is -2.28. The zero-order valence-corrected chi connectivity index (χ0v) is 22.9. The standard InChI is InChI=1S/C26H30N10O2S/c1-16(2)36-15-31-22-24(29-13-18-8-10-19(11-9-18)20-7-5-6-12-28-20)32-26(33-25(22)36)30-14-21-23(39(27,37)38)17(3)34-35(21)4/h5-12,15-16H,13-14H2,1-4H3,(H2,27,37,38)(H2,29,30,32,33). The second-order valence-corrected chi connectivity index (χ2v) is 11.0. The van der Waals surface area contributed by atoms with Crippen LogP contribution in [0, 0.1) is 6.92 Å². The van der Waals surface area contributed by atoms with Crippen molar-refractivity contribution in [1.29, 1.82) is 0 Å². The quantitative estimate of drug-likeness (QED) is 0.252. The Labute approximate surface area is 226 Å². The minimum Gasteiger partial charge on any atom is -0.364 e. The van der Waals surface area contributed by atoms with Gasteiger partial charge in [-0.3, -0.25) is 9.67 Å². The molecule has 39 heavy (non-hydrogen) atoms. The first-order valence-electron chi connectivity index (χ1n) is 12.4. The molecule has 5 rings (SSSR count). The van der Waals surface area contributed by atoms with Crippen LogP contribution in [-0.2, 0) is 30.2 Å². The molecule has 0 spiro atoms. The van der Waals surface area contributed by atoms with E-state index in [4.69, 9.17) is 5.14 Å². The van der Waals surface area contributed by atoms with Gasteiger partial charge in [0, 0.05) is 31.4 Å². The SMILES string of the molecule is Cc1nn(C)c(CNc2nc(NCc3ccc(-c4ccccn4)cc3)c3ncn(C(C)C)c3n2)c1S(N)(=O)=O. The number of aromatic nitrogens is 7. The highest BCUT2D eigenvalue weighted by Gasteiger charge is 2.23. The topological polar surface area (TPSA) is 159 Å². The van der Waals surface area contributed by atoms with E-state index < -0.39 is 10.0 Å². The highest BCUT2D eigenvalue weighted by Crippen LogP contribution is 2.25. The Bertz CT molecular complexity index is 1730. The second kappa shape index (κ2) is 10.4. The smallest absolute Gasteiger partial charge is 0.241 e. The van der Waals surface area contributed by atoms with Crippen LogP contribution >= 0.6 is 0 Å². The number of anilines is 2. The third-order valence-corrected chi connectivity index (χ3v) is 7.43. The number of pyridine rings is 1. The first-order valence-corrected chi connectivity index (χ1v) is 13.9. The molecule has 0 unspecified atom stereocenters. The fraction of sp³-hybridized carbons (Fsp3) is 0.269. The van der Waals surface area contributed by atoms with Gasteiger partial charge in [0.1, 0.15) is 4.90 Å². The van der Waals surface area contributed by atoms with Crippen LogP contribution in [-0.4, -0.2) is 42.7 Å². The van der Waals surface area contributed by atoms with Crippen molar-refractivity contribution in [2.45, 2.75) is 44.8 Å². The maximum Gasteiger partial charge on any atom is 0.241 e. The number of imidazole rings is 1. The zero-order chi connectivity index (χ0) is 27.7. The summed E-state index contributed by atoms with van der Waals surface area (Å²) in [5.41, 5.74) is 5.06. The number of rotatable bonds is 9. The van der Waals surface area contributed by atoms with Crippen molar-refractivity contribution in [2.24, 2.45) is 12.2 Å². The molecular weight excluding hydrogens is 516 g/mol. The molecule has 4 N–H and O–H groups in total. The molecule has 5 aromatic rings. The lowest BCUT2D eigenvalue weighted by atomic mass is 10.1. The molecule has 0 amide bonds. The van der Waals surface area contributed by atoms with E-state index in [1.807, 2.05) is 60.9 Å². The van der Waals surface area contributed by atoms with Crippen molar-refractivity contribution in [3.05, 3.63) is 71.9 Å². The summed E-state index contributed by atoms with van der Waals surface area (Å²) in [5.74, 6) is 0.876. The van der Waals surface area contributed by atoms with E-state index in [1.165, 1.54) is 4.68 Å². The molecule has 0 aliphatic rings. The van der Waals surface area contributed by atoms with Gasteiger partial charge in [-0.15, -0.1) is 0 Å². The molecule has 1 aromatic carbocycles. The number of hydrogen-bond acceptors (Lipinski definition) is 9. The molecule has 13 heteroatoms. The highest BCUT2D eigenvalue weighted by atomic mass is 32.2. The van der Waals surface area contributed by atoms with E-state index in [2.05, 4.69) is 35.7 Å². The summed E-state index contributed by atoms with van der Waals surface area (Å²) in [6, 6.07) is 14.1. The van der Waals surface area contributed by atoms with Crippen LogP contribution in [0.25, 0.3) is 22.4 Å². The van der Waals surface area contributed by atoms with Gasteiger partial charge in [-0.25, -0.2) is 18.5 Å². The van der Waals surface area contributed by atoms with Crippen LogP contribution in [0.3, 0.4) is 0 Å². The van der Waals surface area contributed by atoms with Crippen molar-refractivity contribution < 1.29 is 8.42 Å². The molecule has 0 atom stereocenters. The fourth-order valence-corrected chi connectivity index (χ4v) is 5.41. The van der Waals surface area contributed by atoms with Gasteiger partial charge in [-0.05, 0) is 38.5 Å². The molecule has 12 nitrogen and oxygen atoms in total. The average molecular weight is 547 g/mol. The molecule has 0 aliphatic heterocycles. The number of fused-ring (bicyclic) bond motifs is 1. The Morgan fingerprint density at radius 1 is 1.00 bits per heavy atom. The molecule has 4 aromatic heterocycles. The lowest BCUT2D eigenvalue weighted by molar-refractivity contribution is 0.595. The van der Waals surface area contributed by atoms with Gasteiger partial charge in [0.25, 0.3) is 0 Å². The highest BCUT2D eigenvalue weighted by molar-refractivity contribution is 7.89. The third-order valence-electron chi connectivity index (χ3n) is 6.33. The zero-order valence-electron chi connectivity index (χ0n) is 22.1. The van der Waals surface area contributed by atoms with E-state index in [1.54, 1.807) is 26.5 Å². The second-order valence-electron chi connectivity index (χ2n) is 9.46. The van der Waals surface area contributed by atoms with Crippen LogP contribution in [0.2, 0.25) is 0 Å². The van der Waals surface area contributed by atoms with Crippen LogP contribution in [0.5, 0.6) is 0 Å². The summed E-state index contributed by atoms with van der Waals surface area (Å²) >= 11 is 0. The third kappa shape index (κ3) is 5.45. The van der Waals surface area contributed by atoms with Crippen LogP contribution < -0.4 is 15.8 Å². The van der Waals surface area contributed by atoms with Crippen molar-refractivity contribution in [1.82, 2.24) is 34.3 Å². The molecule has 0 bridgehead atoms. The Hall–Kier alpha value is -4.36. The van der Waals surface area contributed by atoms with E-state index in [0.717, 1.165) is 16.8 Å². The summed E-state index contributed by atoms with van der Waals surface area (Å²) < 4.78 is 27.8. The minimum atomic E-state index is -3.95. The lowest BCUT2D eigenvalue weighted by Gasteiger charge is -2.13. The summed E-state index contributed by atoms with van der Waals surface area (Å²) in [4.78, 5) is 18.3. The lowest BCUT2D eigenvalue weighted by Crippen LogP contribution is -2.18. The molecule has 202 valence electrons. The normalized spacial score (nSPS) is 11.8. The number of nitrogens with zero attached hydrogens (tertiary/aromatic N) is 7. The number of primary sulfonamides is 1. The van der Waals surface area contributed by atoms with Gasteiger partial charge in [0.2, 0.25) is 16.0 Å². The van der Waals surface area contributed by atoms with Crippen LogP contribution in [0.4, 0.5) is 11.8 Å². The summed E-state index contributed by atoms with van der Waals surface area (Å²) in [6.45, 7) is 6.32. The van der Waals surface area contributed by atoms with Gasteiger partial charge < -0.3 is 15.2 Å². The Morgan fingerprint density at radius 2 is 1.77 bits per heavy atom. The predicted octanol–water partition coefficient (Wildman–Crippen LogP) is 3.38. The molecule has 4 heterocycles. The first kappa shape index (κ1) is 26.3. The van der Waals surface area contributed by atoms with E-state index >= 15 is 0 Å². The largest absolute Gasteiger partial charge is 0.364 e. The molecule has 0 radical (unpaired) electrons.